The number of ether oxygens (including phenoxy) is 1. The van der Waals surface area contributed by atoms with Crippen LogP contribution in [0.1, 0.15) is 26.2 Å². The van der Waals surface area contributed by atoms with Gasteiger partial charge >= 0.3 is 5.97 Å². The molecule has 12 heavy (non-hydrogen) atoms. The summed E-state index contributed by atoms with van der Waals surface area (Å²) < 4.78 is 5.08. The van der Waals surface area contributed by atoms with Crippen LogP contribution in [0, 0.1) is 0 Å². The van der Waals surface area contributed by atoms with Crippen molar-refractivity contribution in [1.29, 1.82) is 0 Å². The summed E-state index contributed by atoms with van der Waals surface area (Å²) in [5.74, 6) is -0.981. The Balaban J connectivity index is 3.20. The van der Waals surface area contributed by atoms with Gasteiger partial charge < -0.3 is 9.84 Å². The molecule has 3 heteroatoms. The molecular formula is C9H16O3. The molecular weight excluding hydrogens is 156 g/mol. The van der Waals surface area contributed by atoms with Crippen molar-refractivity contribution in [2.24, 2.45) is 0 Å². The molecule has 1 N–H and O–H groups in total. The summed E-state index contributed by atoms with van der Waals surface area (Å²) in [6.07, 6.45) is 3.26. The first-order valence-electron chi connectivity index (χ1n) is 4.17. The van der Waals surface area contributed by atoms with Crippen molar-refractivity contribution in [2.75, 3.05) is 13.2 Å². The third-order valence-electron chi connectivity index (χ3n) is 1.47. The lowest BCUT2D eigenvalue weighted by molar-refractivity contribution is -0.133. The normalized spacial score (nSPS) is 9.75. The number of hydrogen-bond acceptors (Lipinski definition) is 2. The van der Waals surface area contributed by atoms with Crippen molar-refractivity contribution in [3.05, 3.63) is 12.2 Å². The molecule has 0 heterocycles. The highest BCUT2D eigenvalue weighted by atomic mass is 16.5. The quantitative estimate of drug-likeness (QED) is 0.470. The van der Waals surface area contributed by atoms with E-state index in [9.17, 15) is 4.79 Å². The van der Waals surface area contributed by atoms with E-state index in [0.717, 1.165) is 19.3 Å². The molecule has 0 spiro atoms. The largest absolute Gasteiger partial charge is 0.478 e. The Morgan fingerprint density at radius 3 is 2.67 bits per heavy atom. The summed E-state index contributed by atoms with van der Waals surface area (Å²) in [5.41, 5.74) is 0.117. The first kappa shape index (κ1) is 11.2. The Bertz CT molecular complexity index is 152. The van der Waals surface area contributed by atoms with E-state index in [-0.39, 0.29) is 12.2 Å². The van der Waals surface area contributed by atoms with E-state index in [1.807, 2.05) is 0 Å². The maximum atomic E-state index is 10.2. The molecule has 0 aromatic carbocycles. The molecule has 0 saturated carbocycles. The van der Waals surface area contributed by atoms with E-state index in [0.29, 0.717) is 6.61 Å². The smallest absolute Gasteiger partial charge is 0.333 e. The summed E-state index contributed by atoms with van der Waals surface area (Å²) in [6, 6.07) is 0. The lowest BCUT2D eigenvalue weighted by Gasteiger charge is -2.02. The number of carboxylic acids is 1. The number of rotatable bonds is 7. The molecule has 70 valence electrons. The monoisotopic (exact) mass is 172 g/mol. The molecule has 0 fully saturated rings. The Kier molecular flexibility index (Phi) is 6.38. The van der Waals surface area contributed by atoms with Gasteiger partial charge in [-0.3, -0.25) is 0 Å². The number of carbonyl (C=O) groups is 1. The Hall–Kier alpha value is -0.830. The van der Waals surface area contributed by atoms with Crippen LogP contribution in [0.2, 0.25) is 0 Å². The second-order valence-electron chi connectivity index (χ2n) is 2.67. The first-order valence-corrected chi connectivity index (χ1v) is 4.17. The molecule has 3 nitrogen and oxygen atoms in total. The van der Waals surface area contributed by atoms with Gasteiger partial charge in [0.1, 0.15) is 0 Å². The minimum Gasteiger partial charge on any atom is -0.478 e. The summed E-state index contributed by atoms with van der Waals surface area (Å²) >= 11 is 0. The van der Waals surface area contributed by atoms with Crippen molar-refractivity contribution in [3.8, 4) is 0 Å². The van der Waals surface area contributed by atoms with Crippen LogP contribution in [-0.4, -0.2) is 24.3 Å². The number of aliphatic carboxylic acids is 1. The van der Waals surface area contributed by atoms with Crippen molar-refractivity contribution < 1.29 is 14.6 Å². The third kappa shape index (κ3) is 5.92. The highest BCUT2D eigenvalue weighted by Crippen LogP contribution is 1.96. The zero-order valence-electron chi connectivity index (χ0n) is 7.51. The third-order valence-corrected chi connectivity index (χ3v) is 1.47. The lowest BCUT2D eigenvalue weighted by Crippen LogP contribution is -2.07. The molecule has 0 aliphatic heterocycles. The molecule has 0 rings (SSSR count). The van der Waals surface area contributed by atoms with Gasteiger partial charge in [-0.2, -0.15) is 0 Å². The standard InChI is InChI=1S/C9H16O3/c1-3-4-5-6-12-7-8(2)9(10)11/h2-7H2,1H3,(H,10,11). The highest BCUT2D eigenvalue weighted by molar-refractivity contribution is 5.85. The van der Waals surface area contributed by atoms with Crippen LogP contribution in [0.5, 0.6) is 0 Å². The van der Waals surface area contributed by atoms with Crippen molar-refractivity contribution >= 4 is 5.97 Å². The van der Waals surface area contributed by atoms with E-state index >= 15 is 0 Å². The zero-order chi connectivity index (χ0) is 9.40. The molecule has 0 aromatic rings. The molecule has 0 bridgehead atoms. The van der Waals surface area contributed by atoms with E-state index in [1.54, 1.807) is 0 Å². The van der Waals surface area contributed by atoms with Crippen LogP contribution >= 0.6 is 0 Å². The second-order valence-corrected chi connectivity index (χ2v) is 2.67. The number of hydrogen-bond donors (Lipinski definition) is 1. The lowest BCUT2D eigenvalue weighted by atomic mass is 10.3. The van der Waals surface area contributed by atoms with E-state index in [2.05, 4.69) is 13.5 Å². The summed E-state index contributed by atoms with van der Waals surface area (Å²) in [6.45, 7) is 6.22. The predicted molar refractivity (Wildman–Crippen MR) is 47.1 cm³/mol. The Morgan fingerprint density at radius 1 is 1.50 bits per heavy atom. The molecule has 0 saturated heterocycles. The maximum absolute atomic E-state index is 10.2. The van der Waals surface area contributed by atoms with Crippen LogP contribution in [0.15, 0.2) is 12.2 Å². The molecule has 0 aromatic heterocycles. The van der Waals surface area contributed by atoms with Gasteiger partial charge in [0.25, 0.3) is 0 Å². The molecule has 0 radical (unpaired) electrons. The van der Waals surface area contributed by atoms with Gasteiger partial charge in [0, 0.05) is 6.61 Å². The molecule has 0 atom stereocenters. The van der Waals surface area contributed by atoms with Crippen LogP contribution in [0.25, 0.3) is 0 Å². The SMILES string of the molecule is C=C(COCCCCC)C(=O)O. The van der Waals surface area contributed by atoms with Crippen molar-refractivity contribution in [2.45, 2.75) is 26.2 Å². The minimum absolute atomic E-state index is 0.117. The van der Waals surface area contributed by atoms with Crippen molar-refractivity contribution in [1.82, 2.24) is 0 Å². The number of unbranched alkanes of at least 4 members (excludes halogenated alkanes) is 2. The van der Waals surface area contributed by atoms with Crippen LogP contribution in [-0.2, 0) is 9.53 Å². The fourth-order valence-electron chi connectivity index (χ4n) is 0.711. The second kappa shape index (κ2) is 6.85. The van der Waals surface area contributed by atoms with Gasteiger partial charge in [-0.1, -0.05) is 26.3 Å². The summed E-state index contributed by atoms with van der Waals surface area (Å²) in [7, 11) is 0. The van der Waals surface area contributed by atoms with Gasteiger partial charge in [0.2, 0.25) is 0 Å². The Morgan fingerprint density at radius 2 is 2.17 bits per heavy atom. The highest BCUT2D eigenvalue weighted by Gasteiger charge is 2.02. The zero-order valence-corrected chi connectivity index (χ0v) is 7.51. The van der Waals surface area contributed by atoms with Gasteiger partial charge in [-0.05, 0) is 6.42 Å². The van der Waals surface area contributed by atoms with Crippen LogP contribution in [0.3, 0.4) is 0 Å². The molecule has 0 aliphatic carbocycles. The molecule has 0 aliphatic rings. The van der Waals surface area contributed by atoms with Gasteiger partial charge in [0.15, 0.2) is 0 Å². The van der Waals surface area contributed by atoms with Gasteiger partial charge in [-0.25, -0.2) is 4.79 Å². The van der Waals surface area contributed by atoms with Crippen LogP contribution < -0.4 is 0 Å². The molecule has 0 unspecified atom stereocenters. The van der Waals surface area contributed by atoms with E-state index in [4.69, 9.17) is 9.84 Å². The molecule has 0 amide bonds. The average Bonchev–Trinajstić information content (AvgIpc) is 2.03. The predicted octanol–water partition coefficient (Wildman–Crippen LogP) is 1.83. The van der Waals surface area contributed by atoms with E-state index < -0.39 is 5.97 Å². The van der Waals surface area contributed by atoms with Crippen molar-refractivity contribution in [3.63, 3.8) is 0 Å². The fourth-order valence-corrected chi connectivity index (χ4v) is 0.711. The van der Waals surface area contributed by atoms with Gasteiger partial charge in [0.05, 0.1) is 12.2 Å². The van der Waals surface area contributed by atoms with Crippen LogP contribution in [0.4, 0.5) is 0 Å². The maximum Gasteiger partial charge on any atom is 0.333 e. The fraction of sp³-hybridized carbons (Fsp3) is 0.667. The average molecular weight is 172 g/mol. The summed E-state index contributed by atoms with van der Waals surface area (Å²) in [5, 5.41) is 8.41. The minimum atomic E-state index is -0.981. The summed E-state index contributed by atoms with van der Waals surface area (Å²) in [4.78, 5) is 10.2. The Labute approximate surface area is 73.0 Å². The van der Waals surface area contributed by atoms with Gasteiger partial charge in [-0.15, -0.1) is 0 Å². The van der Waals surface area contributed by atoms with E-state index in [1.165, 1.54) is 0 Å². The topological polar surface area (TPSA) is 46.5 Å². The first-order chi connectivity index (χ1) is 5.68. The number of carboxylic acid groups (broad SMARTS) is 1.